The van der Waals surface area contributed by atoms with Gasteiger partial charge in [0, 0.05) is 0 Å². The number of nitrogens with two attached hydrogens (primary N) is 1. The maximum atomic E-state index is 10.4. The van der Waals surface area contributed by atoms with E-state index in [1.54, 1.807) is 0 Å². The van der Waals surface area contributed by atoms with E-state index < -0.39 is 5.60 Å². The Kier molecular flexibility index (Phi) is 3.03. The first-order chi connectivity index (χ1) is 5.96. The molecule has 1 rings (SSSR count). The van der Waals surface area contributed by atoms with E-state index in [0.29, 0.717) is 17.9 Å². The second-order valence-corrected chi connectivity index (χ2v) is 5.14. The Balaban J connectivity index is 2.57. The molecule has 0 aromatic carbocycles. The minimum atomic E-state index is -0.479. The quantitative estimate of drug-likeness (QED) is 0.687. The van der Waals surface area contributed by atoms with Gasteiger partial charge in [0.15, 0.2) is 0 Å². The van der Waals surface area contributed by atoms with Gasteiger partial charge in [-0.2, -0.15) is 0 Å². The van der Waals surface area contributed by atoms with Crippen LogP contribution >= 0.6 is 0 Å². The highest BCUT2D eigenvalue weighted by molar-refractivity contribution is 5.06. The first-order valence-electron chi connectivity index (χ1n) is 5.39. The molecule has 2 atom stereocenters. The van der Waals surface area contributed by atoms with Gasteiger partial charge < -0.3 is 10.8 Å². The molecular weight excluding hydrogens is 162 g/mol. The standard InChI is InChI=1S/C11H23NO/c1-4-5-11(13,6-7-12)9-8-10(9,2)3/h9,13H,4-8,12H2,1-3H3. The fraction of sp³-hybridized carbons (Fsp3) is 1.00. The molecule has 2 heteroatoms. The van der Waals surface area contributed by atoms with Crippen LogP contribution in [0.15, 0.2) is 0 Å². The van der Waals surface area contributed by atoms with E-state index in [2.05, 4.69) is 20.8 Å². The van der Waals surface area contributed by atoms with Crippen LogP contribution in [0, 0.1) is 11.3 Å². The lowest BCUT2D eigenvalue weighted by Crippen LogP contribution is -2.35. The summed E-state index contributed by atoms with van der Waals surface area (Å²) in [5.41, 5.74) is 5.41. The Morgan fingerprint density at radius 1 is 1.46 bits per heavy atom. The third-order valence-corrected chi connectivity index (χ3v) is 3.42. The molecule has 0 amide bonds. The molecular formula is C11H23NO. The van der Waals surface area contributed by atoms with E-state index in [0.717, 1.165) is 25.7 Å². The van der Waals surface area contributed by atoms with Crippen molar-refractivity contribution in [2.45, 2.75) is 52.1 Å². The van der Waals surface area contributed by atoms with Crippen molar-refractivity contribution in [2.75, 3.05) is 6.54 Å². The minimum Gasteiger partial charge on any atom is -0.390 e. The Labute approximate surface area is 81.5 Å². The zero-order chi connectivity index (χ0) is 10.1. The van der Waals surface area contributed by atoms with Crippen LogP contribution in [0.2, 0.25) is 0 Å². The Morgan fingerprint density at radius 3 is 2.31 bits per heavy atom. The topological polar surface area (TPSA) is 46.2 Å². The van der Waals surface area contributed by atoms with Crippen LogP contribution in [0.5, 0.6) is 0 Å². The Morgan fingerprint density at radius 2 is 2.00 bits per heavy atom. The van der Waals surface area contributed by atoms with Crippen molar-refractivity contribution in [3.63, 3.8) is 0 Å². The lowest BCUT2D eigenvalue weighted by molar-refractivity contribution is -0.00820. The summed E-state index contributed by atoms with van der Waals surface area (Å²) < 4.78 is 0. The number of hydrogen-bond acceptors (Lipinski definition) is 2. The van der Waals surface area contributed by atoms with Crippen LogP contribution in [0.3, 0.4) is 0 Å². The molecule has 2 unspecified atom stereocenters. The highest BCUT2D eigenvalue weighted by atomic mass is 16.3. The van der Waals surface area contributed by atoms with E-state index in [9.17, 15) is 5.11 Å². The van der Waals surface area contributed by atoms with E-state index >= 15 is 0 Å². The summed E-state index contributed by atoms with van der Waals surface area (Å²) in [6, 6.07) is 0. The van der Waals surface area contributed by atoms with E-state index in [-0.39, 0.29) is 0 Å². The summed E-state index contributed by atoms with van der Waals surface area (Å²) in [7, 11) is 0. The zero-order valence-corrected chi connectivity index (χ0v) is 9.14. The molecule has 0 bridgehead atoms. The lowest BCUT2D eigenvalue weighted by atomic mass is 9.85. The largest absolute Gasteiger partial charge is 0.390 e. The van der Waals surface area contributed by atoms with Gasteiger partial charge in [-0.05, 0) is 37.1 Å². The highest BCUT2D eigenvalue weighted by Gasteiger charge is 2.56. The second-order valence-electron chi connectivity index (χ2n) is 5.14. The monoisotopic (exact) mass is 185 g/mol. The molecule has 0 aromatic heterocycles. The van der Waals surface area contributed by atoms with Crippen molar-refractivity contribution >= 4 is 0 Å². The molecule has 0 aromatic rings. The molecule has 13 heavy (non-hydrogen) atoms. The van der Waals surface area contributed by atoms with Crippen LogP contribution in [0.1, 0.15) is 46.5 Å². The van der Waals surface area contributed by atoms with Gasteiger partial charge in [0.25, 0.3) is 0 Å². The van der Waals surface area contributed by atoms with Gasteiger partial charge in [-0.1, -0.05) is 27.2 Å². The fourth-order valence-corrected chi connectivity index (χ4v) is 2.54. The van der Waals surface area contributed by atoms with E-state index in [1.807, 2.05) is 0 Å². The number of hydrogen-bond donors (Lipinski definition) is 2. The van der Waals surface area contributed by atoms with Gasteiger partial charge in [0.1, 0.15) is 0 Å². The van der Waals surface area contributed by atoms with Gasteiger partial charge >= 0.3 is 0 Å². The van der Waals surface area contributed by atoms with Gasteiger partial charge in [0.2, 0.25) is 0 Å². The summed E-state index contributed by atoms with van der Waals surface area (Å²) >= 11 is 0. The number of rotatable bonds is 5. The first kappa shape index (κ1) is 11.0. The van der Waals surface area contributed by atoms with Gasteiger partial charge in [0.05, 0.1) is 5.60 Å². The molecule has 0 saturated heterocycles. The van der Waals surface area contributed by atoms with Crippen molar-refractivity contribution in [2.24, 2.45) is 17.1 Å². The predicted octanol–water partition coefficient (Wildman–Crippen LogP) is 1.91. The zero-order valence-electron chi connectivity index (χ0n) is 9.14. The Bertz CT molecular complexity index is 171. The SMILES string of the molecule is CCCC(O)(CCN)C1CC1(C)C. The molecule has 0 spiro atoms. The normalized spacial score (nSPS) is 29.8. The van der Waals surface area contributed by atoms with Crippen LogP contribution < -0.4 is 5.73 Å². The smallest absolute Gasteiger partial charge is 0.0693 e. The van der Waals surface area contributed by atoms with Crippen molar-refractivity contribution in [3.05, 3.63) is 0 Å². The molecule has 0 radical (unpaired) electrons. The first-order valence-corrected chi connectivity index (χ1v) is 5.39. The minimum absolute atomic E-state index is 0.346. The molecule has 0 aliphatic heterocycles. The van der Waals surface area contributed by atoms with Gasteiger partial charge in [-0.3, -0.25) is 0 Å². The molecule has 2 nitrogen and oxygen atoms in total. The van der Waals surface area contributed by atoms with Crippen molar-refractivity contribution in [1.29, 1.82) is 0 Å². The summed E-state index contributed by atoms with van der Waals surface area (Å²) in [5.74, 6) is 0.475. The van der Waals surface area contributed by atoms with E-state index in [1.165, 1.54) is 0 Å². The molecule has 1 aliphatic carbocycles. The maximum Gasteiger partial charge on any atom is 0.0693 e. The average Bonchev–Trinajstić information content (AvgIpc) is 2.62. The third-order valence-electron chi connectivity index (χ3n) is 3.42. The van der Waals surface area contributed by atoms with Crippen molar-refractivity contribution in [3.8, 4) is 0 Å². The van der Waals surface area contributed by atoms with Crippen molar-refractivity contribution < 1.29 is 5.11 Å². The summed E-state index contributed by atoms with van der Waals surface area (Å²) in [6.45, 7) is 7.18. The molecule has 0 heterocycles. The average molecular weight is 185 g/mol. The Hall–Kier alpha value is -0.0800. The van der Waals surface area contributed by atoms with Crippen LogP contribution in [0.4, 0.5) is 0 Å². The van der Waals surface area contributed by atoms with Crippen LogP contribution in [-0.4, -0.2) is 17.3 Å². The predicted molar refractivity (Wildman–Crippen MR) is 55.4 cm³/mol. The molecule has 1 fully saturated rings. The summed E-state index contributed by atoms with van der Waals surface area (Å²) in [4.78, 5) is 0. The van der Waals surface area contributed by atoms with Crippen LogP contribution in [-0.2, 0) is 0 Å². The molecule has 1 aliphatic rings. The molecule has 78 valence electrons. The van der Waals surface area contributed by atoms with Gasteiger partial charge in [-0.25, -0.2) is 0 Å². The van der Waals surface area contributed by atoms with Crippen molar-refractivity contribution in [1.82, 2.24) is 0 Å². The number of aliphatic hydroxyl groups is 1. The second kappa shape index (κ2) is 3.58. The van der Waals surface area contributed by atoms with Gasteiger partial charge in [-0.15, -0.1) is 0 Å². The highest BCUT2D eigenvalue weighted by Crippen LogP contribution is 2.59. The van der Waals surface area contributed by atoms with E-state index in [4.69, 9.17) is 5.73 Å². The molecule has 3 N–H and O–H groups in total. The summed E-state index contributed by atoms with van der Waals surface area (Å²) in [5, 5.41) is 10.4. The van der Waals surface area contributed by atoms with Crippen LogP contribution in [0.25, 0.3) is 0 Å². The third kappa shape index (κ3) is 2.23. The maximum absolute atomic E-state index is 10.4. The fourth-order valence-electron chi connectivity index (χ4n) is 2.54. The molecule has 1 saturated carbocycles. The lowest BCUT2D eigenvalue weighted by Gasteiger charge is -2.29. The summed E-state index contributed by atoms with van der Waals surface area (Å²) in [6.07, 6.45) is 3.86.